The van der Waals surface area contributed by atoms with Crippen LogP contribution in [0.2, 0.25) is 0 Å². The molecule has 1 unspecified atom stereocenters. The van der Waals surface area contributed by atoms with Gasteiger partial charge in [-0.15, -0.1) is 0 Å². The molecule has 0 heterocycles. The van der Waals surface area contributed by atoms with E-state index in [-0.39, 0.29) is 12.8 Å². The number of esters is 4. The van der Waals surface area contributed by atoms with Crippen LogP contribution in [-0.4, -0.2) is 37.1 Å². The van der Waals surface area contributed by atoms with Gasteiger partial charge in [-0.25, -0.2) is 14.4 Å². The third kappa shape index (κ3) is 7.92. The zero-order valence-electron chi connectivity index (χ0n) is 14.1. The van der Waals surface area contributed by atoms with Gasteiger partial charge in [0, 0.05) is 12.2 Å². The summed E-state index contributed by atoms with van der Waals surface area (Å²) in [6.07, 6.45) is 1.07. The van der Waals surface area contributed by atoms with Crippen LogP contribution in [0.3, 0.4) is 0 Å². The summed E-state index contributed by atoms with van der Waals surface area (Å²) in [7, 11) is 1.16. The lowest BCUT2D eigenvalue weighted by molar-refractivity contribution is -0.172. The SMILES string of the molecule is CCC(OC(=O)/C=C/C(=O)OC)C(=O)OC(=O)CCc1ccccc1. The van der Waals surface area contributed by atoms with Gasteiger partial charge < -0.3 is 14.2 Å². The van der Waals surface area contributed by atoms with E-state index in [4.69, 9.17) is 9.47 Å². The van der Waals surface area contributed by atoms with E-state index in [1.165, 1.54) is 0 Å². The Bertz CT molecular complexity index is 634. The molecule has 0 N–H and O–H groups in total. The van der Waals surface area contributed by atoms with E-state index in [0.29, 0.717) is 6.42 Å². The standard InChI is InChI=1S/C18H20O7/c1-3-14(24-16(20)12-11-15(19)23-2)18(22)25-17(21)10-9-13-7-5-4-6-8-13/h4-8,11-12,14H,3,9-10H2,1-2H3/b12-11+. The normalized spacial score (nSPS) is 11.6. The van der Waals surface area contributed by atoms with Gasteiger partial charge in [0.15, 0.2) is 6.10 Å². The molecule has 0 bridgehead atoms. The molecule has 0 spiro atoms. The van der Waals surface area contributed by atoms with Crippen molar-refractivity contribution in [1.82, 2.24) is 0 Å². The Balaban J connectivity index is 2.46. The molecule has 0 saturated heterocycles. The monoisotopic (exact) mass is 348 g/mol. The van der Waals surface area contributed by atoms with Crippen LogP contribution in [0.5, 0.6) is 0 Å². The number of hydrogen-bond donors (Lipinski definition) is 0. The number of ether oxygens (including phenoxy) is 3. The Morgan fingerprint density at radius 2 is 1.68 bits per heavy atom. The van der Waals surface area contributed by atoms with Crippen LogP contribution in [0.25, 0.3) is 0 Å². The second-order valence-corrected chi connectivity index (χ2v) is 4.97. The minimum atomic E-state index is -1.23. The molecule has 0 saturated carbocycles. The number of carbonyl (C=O) groups excluding carboxylic acids is 4. The highest BCUT2D eigenvalue weighted by Gasteiger charge is 2.24. The zero-order valence-corrected chi connectivity index (χ0v) is 14.1. The summed E-state index contributed by atoms with van der Waals surface area (Å²) < 4.78 is 13.9. The zero-order chi connectivity index (χ0) is 18.7. The summed E-state index contributed by atoms with van der Waals surface area (Å²) in [5.74, 6) is -3.29. The average molecular weight is 348 g/mol. The Labute approximate surface area is 145 Å². The van der Waals surface area contributed by atoms with Crippen molar-refractivity contribution in [1.29, 1.82) is 0 Å². The minimum absolute atomic E-state index is 0.0301. The van der Waals surface area contributed by atoms with E-state index in [2.05, 4.69) is 4.74 Å². The highest BCUT2D eigenvalue weighted by atomic mass is 16.6. The third-order valence-corrected chi connectivity index (χ3v) is 3.12. The maximum atomic E-state index is 11.9. The van der Waals surface area contributed by atoms with Crippen LogP contribution < -0.4 is 0 Å². The molecular formula is C18H20O7. The summed E-state index contributed by atoms with van der Waals surface area (Å²) in [6, 6.07) is 9.28. The summed E-state index contributed by atoms with van der Waals surface area (Å²) in [5, 5.41) is 0. The fourth-order valence-electron chi connectivity index (χ4n) is 1.80. The van der Waals surface area contributed by atoms with E-state index < -0.39 is 30.0 Å². The number of carbonyl (C=O) groups is 4. The highest BCUT2D eigenvalue weighted by Crippen LogP contribution is 2.07. The van der Waals surface area contributed by atoms with E-state index in [1.54, 1.807) is 6.92 Å². The van der Waals surface area contributed by atoms with Crippen LogP contribution in [0.15, 0.2) is 42.5 Å². The van der Waals surface area contributed by atoms with Crippen molar-refractivity contribution in [3.05, 3.63) is 48.0 Å². The van der Waals surface area contributed by atoms with E-state index >= 15 is 0 Å². The predicted octanol–water partition coefficient (Wildman–Crippen LogP) is 1.74. The van der Waals surface area contributed by atoms with Crippen LogP contribution in [0.4, 0.5) is 0 Å². The first kappa shape index (κ1) is 20.1. The van der Waals surface area contributed by atoms with Crippen LogP contribution >= 0.6 is 0 Å². The second-order valence-electron chi connectivity index (χ2n) is 4.97. The minimum Gasteiger partial charge on any atom is -0.466 e. The van der Waals surface area contributed by atoms with Crippen LogP contribution in [0, 0.1) is 0 Å². The molecule has 0 aromatic heterocycles. The van der Waals surface area contributed by atoms with Crippen LogP contribution in [0.1, 0.15) is 25.3 Å². The summed E-state index contributed by atoms with van der Waals surface area (Å²) in [5.41, 5.74) is 0.943. The molecule has 1 atom stereocenters. The lowest BCUT2D eigenvalue weighted by atomic mass is 10.1. The van der Waals surface area contributed by atoms with Gasteiger partial charge in [0.1, 0.15) is 0 Å². The molecule has 0 radical (unpaired) electrons. The largest absolute Gasteiger partial charge is 0.466 e. The van der Waals surface area contributed by atoms with Gasteiger partial charge in [0.2, 0.25) is 0 Å². The van der Waals surface area contributed by atoms with Crippen molar-refractivity contribution in [2.24, 2.45) is 0 Å². The molecule has 0 amide bonds. The Morgan fingerprint density at radius 1 is 1.04 bits per heavy atom. The fraction of sp³-hybridized carbons (Fsp3) is 0.333. The van der Waals surface area contributed by atoms with Crippen molar-refractivity contribution in [2.45, 2.75) is 32.3 Å². The van der Waals surface area contributed by atoms with Crippen molar-refractivity contribution in [3.8, 4) is 0 Å². The summed E-state index contributed by atoms with van der Waals surface area (Å²) >= 11 is 0. The predicted molar refractivity (Wildman–Crippen MR) is 87.2 cm³/mol. The fourth-order valence-corrected chi connectivity index (χ4v) is 1.80. The molecule has 0 aliphatic carbocycles. The lowest BCUT2D eigenvalue weighted by Crippen LogP contribution is -2.30. The number of benzene rings is 1. The van der Waals surface area contributed by atoms with Gasteiger partial charge >= 0.3 is 23.9 Å². The van der Waals surface area contributed by atoms with Gasteiger partial charge in [-0.1, -0.05) is 37.3 Å². The van der Waals surface area contributed by atoms with Gasteiger partial charge in [0.25, 0.3) is 0 Å². The maximum absolute atomic E-state index is 11.9. The number of hydrogen-bond acceptors (Lipinski definition) is 7. The smallest absolute Gasteiger partial charge is 0.355 e. The third-order valence-electron chi connectivity index (χ3n) is 3.12. The Kier molecular flexibility index (Phi) is 8.63. The molecule has 7 heteroatoms. The first-order chi connectivity index (χ1) is 12.0. The molecule has 0 aliphatic heterocycles. The van der Waals surface area contributed by atoms with Gasteiger partial charge in [-0.3, -0.25) is 4.79 Å². The van der Waals surface area contributed by atoms with Crippen molar-refractivity contribution < 1.29 is 33.4 Å². The number of rotatable bonds is 8. The Hall–Kier alpha value is -2.96. The number of methoxy groups -OCH3 is 1. The lowest BCUT2D eigenvalue weighted by Gasteiger charge is -2.13. The topological polar surface area (TPSA) is 96.0 Å². The summed E-state index contributed by atoms with van der Waals surface area (Å²) in [4.78, 5) is 46.0. The molecule has 1 aromatic carbocycles. The molecule has 134 valence electrons. The van der Waals surface area contributed by atoms with Crippen LogP contribution in [-0.2, 0) is 39.8 Å². The molecule has 1 aromatic rings. The Morgan fingerprint density at radius 3 is 2.28 bits per heavy atom. The quantitative estimate of drug-likeness (QED) is 0.305. The molecule has 7 nitrogen and oxygen atoms in total. The summed E-state index contributed by atoms with van der Waals surface area (Å²) in [6.45, 7) is 1.59. The second kappa shape index (κ2) is 10.7. The van der Waals surface area contributed by atoms with Gasteiger partial charge in [-0.05, 0) is 18.4 Å². The van der Waals surface area contributed by atoms with Gasteiger partial charge in [-0.2, -0.15) is 0 Å². The van der Waals surface area contributed by atoms with Crippen molar-refractivity contribution in [2.75, 3.05) is 7.11 Å². The van der Waals surface area contributed by atoms with Crippen molar-refractivity contribution >= 4 is 23.9 Å². The molecule has 0 aliphatic rings. The van der Waals surface area contributed by atoms with E-state index in [1.807, 2.05) is 30.3 Å². The van der Waals surface area contributed by atoms with E-state index in [9.17, 15) is 19.2 Å². The molecule has 0 fully saturated rings. The number of aryl methyl sites for hydroxylation is 1. The molecule has 25 heavy (non-hydrogen) atoms. The maximum Gasteiger partial charge on any atom is 0.355 e. The first-order valence-electron chi connectivity index (χ1n) is 7.71. The molecular weight excluding hydrogens is 328 g/mol. The van der Waals surface area contributed by atoms with Gasteiger partial charge in [0.05, 0.1) is 13.5 Å². The van der Waals surface area contributed by atoms with Crippen molar-refractivity contribution in [3.63, 3.8) is 0 Å². The molecule has 1 rings (SSSR count). The average Bonchev–Trinajstić information content (AvgIpc) is 2.63. The highest BCUT2D eigenvalue weighted by molar-refractivity contribution is 5.94. The van der Waals surface area contributed by atoms with E-state index in [0.717, 1.165) is 24.8 Å². The first-order valence-corrected chi connectivity index (χ1v) is 7.71.